The van der Waals surface area contributed by atoms with Crippen LogP contribution < -0.4 is 10.6 Å². The molecule has 5 nitrogen and oxygen atoms in total. The van der Waals surface area contributed by atoms with Crippen molar-refractivity contribution in [1.82, 2.24) is 10.6 Å². The minimum atomic E-state index is -0.165. The first-order valence-corrected chi connectivity index (χ1v) is 7.48. The van der Waals surface area contributed by atoms with Crippen molar-refractivity contribution >= 4 is 17.0 Å². The Morgan fingerprint density at radius 3 is 3.14 bits per heavy atom. The van der Waals surface area contributed by atoms with Crippen LogP contribution in [0, 0.1) is 5.92 Å². The third kappa shape index (κ3) is 3.31. The molecule has 1 aliphatic rings. The number of benzene rings is 1. The molecule has 1 fully saturated rings. The van der Waals surface area contributed by atoms with Crippen LogP contribution in [0.2, 0.25) is 0 Å². The average molecular weight is 300 g/mol. The van der Waals surface area contributed by atoms with E-state index in [1.165, 1.54) is 0 Å². The highest BCUT2D eigenvalue weighted by Gasteiger charge is 2.25. The number of carbonyl (C=O) groups excluding carboxylic acids is 1. The smallest absolute Gasteiger partial charge is 0.315 e. The largest absolute Gasteiger partial charge is 0.464 e. The van der Waals surface area contributed by atoms with Crippen molar-refractivity contribution < 1.29 is 13.9 Å². The molecule has 1 aromatic heterocycles. The molecule has 1 aliphatic heterocycles. The van der Waals surface area contributed by atoms with Crippen molar-refractivity contribution in [2.24, 2.45) is 5.92 Å². The van der Waals surface area contributed by atoms with Crippen LogP contribution in [0.1, 0.15) is 12.0 Å². The lowest BCUT2D eigenvalue weighted by atomic mass is 10.0. The molecule has 116 valence electrons. The minimum Gasteiger partial charge on any atom is -0.464 e. The van der Waals surface area contributed by atoms with Gasteiger partial charge in [0.1, 0.15) is 5.58 Å². The van der Waals surface area contributed by atoms with Gasteiger partial charge in [-0.2, -0.15) is 0 Å². The number of rotatable bonds is 5. The number of hydrogen-bond donors (Lipinski definition) is 2. The van der Waals surface area contributed by atoms with Crippen LogP contribution in [0.15, 0.2) is 47.6 Å². The summed E-state index contributed by atoms with van der Waals surface area (Å²) in [5.74, 6) is 0.311. The van der Waals surface area contributed by atoms with Gasteiger partial charge in [0.05, 0.1) is 12.4 Å². The fourth-order valence-electron chi connectivity index (χ4n) is 2.73. The number of amides is 2. The third-order valence-corrected chi connectivity index (χ3v) is 3.99. The van der Waals surface area contributed by atoms with Gasteiger partial charge < -0.3 is 19.8 Å². The highest BCUT2D eigenvalue weighted by molar-refractivity contribution is 5.78. The zero-order chi connectivity index (χ0) is 15.4. The molecule has 2 N–H and O–H groups in total. The highest BCUT2D eigenvalue weighted by atomic mass is 16.5. The number of fused-ring (bicyclic) bond motifs is 1. The molecule has 0 radical (unpaired) electrons. The molecule has 2 heterocycles. The van der Waals surface area contributed by atoms with Crippen LogP contribution >= 0.6 is 0 Å². The first-order valence-electron chi connectivity index (χ1n) is 7.48. The predicted molar refractivity (Wildman–Crippen MR) is 84.5 cm³/mol. The Morgan fingerprint density at radius 1 is 1.36 bits per heavy atom. The van der Waals surface area contributed by atoms with Crippen molar-refractivity contribution in [2.45, 2.75) is 19.1 Å². The van der Waals surface area contributed by atoms with Crippen molar-refractivity contribution in [3.8, 4) is 0 Å². The number of furan rings is 1. The SMILES string of the molecule is C=C[C@H]1OCC[C@@H]1CNC(=O)NCc1ccc2occc2c1. The van der Waals surface area contributed by atoms with E-state index in [4.69, 9.17) is 9.15 Å². The van der Waals surface area contributed by atoms with Gasteiger partial charge in [-0.1, -0.05) is 12.1 Å². The van der Waals surface area contributed by atoms with Crippen molar-refractivity contribution in [1.29, 1.82) is 0 Å². The van der Waals surface area contributed by atoms with E-state index in [9.17, 15) is 4.79 Å². The second-order valence-electron chi connectivity index (χ2n) is 5.48. The fraction of sp³-hybridized carbons (Fsp3) is 0.353. The van der Waals surface area contributed by atoms with E-state index in [0.29, 0.717) is 19.0 Å². The molecule has 0 saturated carbocycles. The number of urea groups is 1. The zero-order valence-electron chi connectivity index (χ0n) is 12.4. The summed E-state index contributed by atoms with van der Waals surface area (Å²) in [6.07, 6.45) is 4.46. The first-order chi connectivity index (χ1) is 10.8. The molecular weight excluding hydrogens is 280 g/mol. The van der Waals surface area contributed by atoms with Crippen LogP contribution in [0.3, 0.4) is 0 Å². The Hall–Kier alpha value is -2.27. The quantitative estimate of drug-likeness (QED) is 0.835. The minimum absolute atomic E-state index is 0.0452. The van der Waals surface area contributed by atoms with Crippen LogP contribution in [0.4, 0.5) is 4.79 Å². The van der Waals surface area contributed by atoms with E-state index in [0.717, 1.165) is 29.6 Å². The van der Waals surface area contributed by atoms with Gasteiger partial charge in [0, 0.05) is 31.0 Å². The van der Waals surface area contributed by atoms with Gasteiger partial charge in [0.15, 0.2) is 0 Å². The Balaban J connectivity index is 1.46. The van der Waals surface area contributed by atoms with Crippen LogP contribution in [0.25, 0.3) is 11.0 Å². The van der Waals surface area contributed by atoms with E-state index in [-0.39, 0.29) is 12.1 Å². The molecule has 0 bridgehead atoms. The number of nitrogens with one attached hydrogen (secondary N) is 2. The first kappa shape index (κ1) is 14.7. The monoisotopic (exact) mass is 300 g/mol. The highest BCUT2D eigenvalue weighted by Crippen LogP contribution is 2.20. The van der Waals surface area contributed by atoms with E-state index in [2.05, 4.69) is 17.2 Å². The predicted octanol–water partition coefficient (Wildman–Crippen LogP) is 2.82. The molecule has 1 saturated heterocycles. The van der Waals surface area contributed by atoms with Crippen LogP contribution in [-0.2, 0) is 11.3 Å². The van der Waals surface area contributed by atoms with Gasteiger partial charge in [-0.05, 0) is 30.2 Å². The summed E-state index contributed by atoms with van der Waals surface area (Å²) in [6, 6.07) is 7.62. The van der Waals surface area contributed by atoms with Gasteiger partial charge >= 0.3 is 6.03 Å². The van der Waals surface area contributed by atoms with E-state index in [1.807, 2.05) is 24.3 Å². The summed E-state index contributed by atoms with van der Waals surface area (Å²) in [4.78, 5) is 11.9. The summed E-state index contributed by atoms with van der Waals surface area (Å²) in [7, 11) is 0. The van der Waals surface area contributed by atoms with Gasteiger partial charge in [-0.25, -0.2) is 4.79 Å². The van der Waals surface area contributed by atoms with Crippen LogP contribution in [-0.4, -0.2) is 25.3 Å². The lowest BCUT2D eigenvalue weighted by Gasteiger charge is -2.15. The van der Waals surface area contributed by atoms with Gasteiger partial charge in [-0.15, -0.1) is 6.58 Å². The molecule has 2 aromatic rings. The molecule has 1 aromatic carbocycles. The molecular formula is C17H20N2O3. The lowest BCUT2D eigenvalue weighted by molar-refractivity contribution is 0.128. The molecule has 2 atom stereocenters. The lowest BCUT2D eigenvalue weighted by Crippen LogP contribution is -2.39. The maximum atomic E-state index is 11.9. The Bertz CT molecular complexity index is 665. The molecule has 2 amide bonds. The second-order valence-corrected chi connectivity index (χ2v) is 5.48. The Kier molecular flexibility index (Phi) is 4.44. The van der Waals surface area contributed by atoms with Gasteiger partial charge in [-0.3, -0.25) is 0 Å². The summed E-state index contributed by atoms with van der Waals surface area (Å²) >= 11 is 0. The topological polar surface area (TPSA) is 63.5 Å². The molecule has 0 spiro atoms. The molecule has 3 rings (SSSR count). The number of ether oxygens (including phenoxy) is 1. The third-order valence-electron chi connectivity index (χ3n) is 3.99. The fourth-order valence-corrected chi connectivity index (χ4v) is 2.73. The number of carbonyl (C=O) groups is 1. The molecule has 22 heavy (non-hydrogen) atoms. The number of hydrogen-bond acceptors (Lipinski definition) is 3. The van der Waals surface area contributed by atoms with Crippen LogP contribution in [0.5, 0.6) is 0 Å². The maximum Gasteiger partial charge on any atom is 0.315 e. The van der Waals surface area contributed by atoms with Gasteiger partial charge in [0.25, 0.3) is 0 Å². The maximum absolute atomic E-state index is 11.9. The summed E-state index contributed by atoms with van der Waals surface area (Å²) in [5, 5.41) is 6.80. The average Bonchev–Trinajstić information content (AvgIpc) is 3.18. The second kappa shape index (κ2) is 6.66. The normalized spacial score (nSPS) is 20.9. The van der Waals surface area contributed by atoms with Crippen molar-refractivity contribution in [2.75, 3.05) is 13.2 Å². The van der Waals surface area contributed by atoms with Gasteiger partial charge in [0.2, 0.25) is 0 Å². The van der Waals surface area contributed by atoms with E-state index < -0.39 is 0 Å². The van der Waals surface area contributed by atoms with Crippen molar-refractivity contribution in [3.63, 3.8) is 0 Å². The summed E-state index contributed by atoms with van der Waals surface area (Å²) in [6.45, 7) is 5.57. The van der Waals surface area contributed by atoms with E-state index in [1.54, 1.807) is 12.3 Å². The summed E-state index contributed by atoms with van der Waals surface area (Å²) < 4.78 is 10.8. The summed E-state index contributed by atoms with van der Waals surface area (Å²) in [5.41, 5.74) is 1.89. The molecule has 0 aliphatic carbocycles. The van der Waals surface area contributed by atoms with Crippen molar-refractivity contribution in [3.05, 3.63) is 48.7 Å². The molecule has 5 heteroatoms. The van der Waals surface area contributed by atoms with E-state index >= 15 is 0 Å². The standard InChI is InChI=1S/C17H20N2O3/c1-2-15-14(6-8-21-15)11-19-17(20)18-10-12-3-4-16-13(9-12)5-7-22-16/h2-5,7,9,14-15H,1,6,8,10-11H2,(H2,18,19,20)/t14-,15-/m1/s1. The molecule has 0 unspecified atom stereocenters. The zero-order valence-corrected chi connectivity index (χ0v) is 12.4. The Labute approximate surface area is 129 Å². The Morgan fingerprint density at radius 2 is 2.27 bits per heavy atom.